The fourth-order valence-electron chi connectivity index (χ4n) is 3.23. The van der Waals surface area contributed by atoms with Crippen LogP contribution >= 0.6 is 0 Å². The molecule has 1 aliphatic rings. The van der Waals surface area contributed by atoms with Crippen LogP contribution in [0.5, 0.6) is 0 Å². The predicted octanol–water partition coefficient (Wildman–Crippen LogP) is 2.73. The number of imide groups is 1. The summed E-state index contributed by atoms with van der Waals surface area (Å²) in [5, 5.41) is 9.01. The van der Waals surface area contributed by atoms with E-state index in [1.807, 2.05) is 24.3 Å². The third-order valence-electron chi connectivity index (χ3n) is 4.80. The second-order valence-electron chi connectivity index (χ2n) is 7.08. The number of hydrogen-bond acceptors (Lipinski definition) is 5. The first-order valence-electron chi connectivity index (χ1n) is 9.30. The Morgan fingerprint density at radius 3 is 2.61 bits per heavy atom. The molecule has 0 spiro atoms. The molecule has 1 unspecified atom stereocenters. The average molecular weight is 384 g/mol. The number of anilines is 1. The highest BCUT2D eigenvalue weighted by Gasteiger charge is 2.48. The van der Waals surface area contributed by atoms with Crippen molar-refractivity contribution >= 4 is 23.7 Å². The highest BCUT2D eigenvalue weighted by atomic mass is 16.5. The zero-order chi connectivity index (χ0) is 20.3. The molecule has 8 nitrogen and oxygen atoms in total. The second kappa shape index (κ2) is 7.84. The molecule has 1 aliphatic heterocycles. The standard InChI is InChI=1S/C20H24N4O4/c1-4-5-14-6-8-15(9-7-14)20(3)18(26)24(19(27)22-20)11-10-17(25)21-16-12-13(2)28-23-16/h6-9,12H,4-5,10-11H2,1-3H3,(H,22,27)(H,21,23,25). The van der Waals surface area contributed by atoms with Gasteiger partial charge < -0.3 is 15.2 Å². The van der Waals surface area contributed by atoms with E-state index in [4.69, 9.17) is 4.52 Å². The zero-order valence-electron chi connectivity index (χ0n) is 16.2. The molecule has 0 saturated carbocycles. The molecular weight excluding hydrogens is 360 g/mol. The van der Waals surface area contributed by atoms with Gasteiger partial charge in [0.1, 0.15) is 11.3 Å². The fraction of sp³-hybridized carbons (Fsp3) is 0.400. The van der Waals surface area contributed by atoms with Crippen molar-refractivity contribution in [3.05, 3.63) is 47.2 Å². The molecule has 1 aromatic heterocycles. The summed E-state index contributed by atoms with van der Waals surface area (Å²) in [6.45, 7) is 5.48. The fourth-order valence-corrected chi connectivity index (χ4v) is 3.23. The zero-order valence-corrected chi connectivity index (χ0v) is 16.2. The number of carbonyl (C=O) groups excluding carboxylic acids is 3. The number of nitrogens with zero attached hydrogens (tertiary/aromatic N) is 2. The lowest BCUT2D eigenvalue weighted by atomic mass is 9.91. The molecule has 2 heterocycles. The first kappa shape index (κ1) is 19.6. The van der Waals surface area contributed by atoms with Crippen molar-refractivity contribution in [3.63, 3.8) is 0 Å². The minimum absolute atomic E-state index is 0.0170. The van der Waals surface area contributed by atoms with Crippen LogP contribution in [0.1, 0.15) is 43.6 Å². The summed E-state index contributed by atoms with van der Waals surface area (Å²) >= 11 is 0. The van der Waals surface area contributed by atoms with Gasteiger partial charge in [-0.3, -0.25) is 14.5 Å². The number of hydrogen-bond donors (Lipinski definition) is 2. The molecular formula is C20H24N4O4. The Balaban J connectivity index is 1.64. The molecule has 0 radical (unpaired) electrons. The van der Waals surface area contributed by atoms with E-state index in [2.05, 4.69) is 22.7 Å². The van der Waals surface area contributed by atoms with Crippen molar-refractivity contribution in [1.82, 2.24) is 15.4 Å². The van der Waals surface area contributed by atoms with E-state index in [9.17, 15) is 14.4 Å². The van der Waals surface area contributed by atoms with Crippen LogP contribution in [0.2, 0.25) is 0 Å². The Bertz CT molecular complexity index is 890. The molecule has 148 valence electrons. The molecule has 1 saturated heterocycles. The molecule has 28 heavy (non-hydrogen) atoms. The van der Waals surface area contributed by atoms with Crippen LogP contribution < -0.4 is 10.6 Å². The number of urea groups is 1. The topological polar surface area (TPSA) is 105 Å². The van der Waals surface area contributed by atoms with Gasteiger partial charge in [0.15, 0.2) is 5.82 Å². The highest BCUT2D eigenvalue weighted by molar-refractivity contribution is 6.07. The van der Waals surface area contributed by atoms with Crippen LogP contribution in [0.15, 0.2) is 34.9 Å². The van der Waals surface area contributed by atoms with Gasteiger partial charge in [-0.05, 0) is 31.4 Å². The van der Waals surface area contributed by atoms with Crippen molar-refractivity contribution in [1.29, 1.82) is 0 Å². The third-order valence-corrected chi connectivity index (χ3v) is 4.80. The number of aromatic nitrogens is 1. The third kappa shape index (κ3) is 3.90. The smallest absolute Gasteiger partial charge is 0.325 e. The lowest BCUT2D eigenvalue weighted by Crippen LogP contribution is -2.41. The van der Waals surface area contributed by atoms with Crippen molar-refractivity contribution in [3.8, 4) is 0 Å². The van der Waals surface area contributed by atoms with Crippen molar-refractivity contribution in [2.24, 2.45) is 0 Å². The summed E-state index contributed by atoms with van der Waals surface area (Å²) in [4.78, 5) is 38.4. The maximum Gasteiger partial charge on any atom is 0.325 e. The molecule has 8 heteroatoms. The lowest BCUT2D eigenvalue weighted by Gasteiger charge is -2.22. The quantitative estimate of drug-likeness (QED) is 0.714. The number of aryl methyl sites for hydroxylation is 2. The Labute approximate surface area is 163 Å². The molecule has 2 aromatic rings. The van der Waals surface area contributed by atoms with Crippen LogP contribution in [-0.2, 0) is 21.5 Å². The number of carbonyl (C=O) groups is 3. The molecule has 4 amide bonds. The molecule has 1 atom stereocenters. The van der Waals surface area contributed by atoms with Gasteiger partial charge in [-0.15, -0.1) is 0 Å². The Kier molecular flexibility index (Phi) is 5.48. The van der Waals surface area contributed by atoms with E-state index in [-0.39, 0.29) is 24.8 Å². The summed E-state index contributed by atoms with van der Waals surface area (Å²) in [7, 11) is 0. The number of benzene rings is 1. The van der Waals surface area contributed by atoms with Crippen LogP contribution in [0.25, 0.3) is 0 Å². The van der Waals surface area contributed by atoms with Gasteiger partial charge in [-0.1, -0.05) is 42.8 Å². The lowest BCUT2D eigenvalue weighted by molar-refractivity contribution is -0.131. The van der Waals surface area contributed by atoms with E-state index in [1.54, 1.807) is 19.9 Å². The largest absolute Gasteiger partial charge is 0.360 e. The van der Waals surface area contributed by atoms with Crippen LogP contribution in [0.3, 0.4) is 0 Å². The first-order chi connectivity index (χ1) is 13.3. The minimum atomic E-state index is -1.14. The van der Waals surface area contributed by atoms with E-state index in [0.717, 1.165) is 23.3 Å². The van der Waals surface area contributed by atoms with E-state index in [1.165, 1.54) is 5.56 Å². The maximum atomic E-state index is 12.9. The van der Waals surface area contributed by atoms with Crippen molar-refractivity contribution in [2.75, 3.05) is 11.9 Å². The van der Waals surface area contributed by atoms with Crippen molar-refractivity contribution in [2.45, 2.75) is 45.6 Å². The van der Waals surface area contributed by atoms with Crippen molar-refractivity contribution < 1.29 is 18.9 Å². The van der Waals surface area contributed by atoms with Gasteiger partial charge in [0.25, 0.3) is 5.91 Å². The molecule has 1 aromatic carbocycles. The molecule has 0 bridgehead atoms. The second-order valence-corrected chi connectivity index (χ2v) is 7.08. The summed E-state index contributed by atoms with van der Waals surface area (Å²) in [5.41, 5.74) is 0.764. The SMILES string of the molecule is CCCc1ccc(C2(C)NC(=O)N(CCC(=O)Nc3cc(C)on3)C2=O)cc1. The molecule has 2 N–H and O–H groups in total. The van der Waals surface area contributed by atoms with Gasteiger partial charge in [0.2, 0.25) is 5.91 Å². The maximum absolute atomic E-state index is 12.9. The van der Waals surface area contributed by atoms with Gasteiger partial charge in [-0.2, -0.15) is 0 Å². The highest BCUT2D eigenvalue weighted by Crippen LogP contribution is 2.29. The average Bonchev–Trinajstić information content (AvgIpc) is 3.15. The summed E-state index contributed by atoms with van der Waals surface area (Å²) < 4.78 is 4.88. The summed E-state index contributed by atoms with van der Waals surface area (Å²) in [6, 6.07) is 8.76. The van der Waals surface area contributed by atoms with E-state index in [0.29, 0.717) is 11.6 Å². The monoisotopic (exact) mass is 384 g/mol. The normalized spacial score (nSPS) is 19.0. The van der Waals surface area contributed by atoms with Gasteiger partial charge in [-0.25, -0.2) is 4.79 Å². The van der Waals surface area contributed by atoms with Crippen LogP contribution in [-0.4, -0.2) is 34.4 Å². The summed E-state index contributed by atoms with van der Waals surface area (Å²) in [6.07, 6.45) is 1.97. The predicted molar refractivity (Wildman–Crippen MR) is 103 cm³/mol. The first-order valence-corrected chi connectivity index (χ1v) is 9.30. The number of rotatable bonds is 7. The Morgan fingerprint density at radius 2 is 2.00 bits per heavy atom. The van der Waals surface area contributed by atoms with Gasteiger partial charge in [0, 0.05) is 19.0 Å². The molecule has 1 fully saturated rings. The van der Waals surface area contributed by atoms with E-state index >= 15 is 0 Å². The minimum Gasteiger partial charge on any atom is -0.360 e. The Morgan fingerprint density at radius 1 is 1.29 bits per heavy atom. The summed E-state index contributed by atoms with van der Waals surface area (Å²) in [5.74, 6) is 0.152. The van der Waals surface area contributed by atoms with Gasteiger partial charge in [0.05, 0.1) is 0 Å². The molecule has 0 aliphatic carbocycles. The van der Waals surface area contributed by atoms with Crippen LogP contribution in [0.4, 0.5) is 10.6 Å². The number of amides is 4. The van der Waals surface area contributed by atoms with Crippen LogP contribution in [0, 0.1) is 6.92 Å². The number of nitrogens with one attached hydrogen (secondary N) is 2. The molecule has 3 rings (SSSR count). The van der Waals surface area contributed by atoms with Gasteiger partial charge >= 0.3 is 6.03 Å². The van der Waals surface area contributed by atoms with E-state index < -0.39 is 11.6 Å². The Hall–Kier alpha value is -3.16.